The van der Waals surface area contributed by atoms with Crippen molar-refractivity contribution >= 4 is 6.16 Å². The zero-order chi connectivity index (χ0) is 24.3. The van der Waals surface area contributed by atoms with Gasteiger partial charge in [-0.1, -0.05) is 26.7 Å². The minimum absolute atomic E-state index is 0.146. The van der Waals surface area contributed by atoms with E-state index in [-0.39, 0.29) is 17.8 Å². The molecular formula is C23H34F6O3. The van der Waals surface area contributed by atoms with E-state index in [1.807, 2.05) is 0 Å². The summed E-state index contributed by atoms with van der Waals surface area (Å²) >= 11 is 0. The van der Waals surface area contributed by atoms with Crippen LogP contribution in [-0.2, 0) is 9.47 Å². The third kappa shape index (κ3) is 4.46. The molecule has 0 saturated heterocycles. The van der Waals surface area contributed by atoms with Crippen LogP contribution in [0.4, 0.5) is 31.1 Å². The highest BCUT2D eigenvalue weighted by Crippen LogP contribution is 2.67. The predicted octanol–water partition coefficient (Wildman–Crippen LogP) is 7.54. The van der Waals surface area contributed by atoms with E-state index in [9.17, 15) is 31.1 Å². The summed E-state index contributed by atoms with van der Waals surface area (Å²) in [6, 6.07) is 0. The fourth-order valence-electron chi connectivity index (χ4n) is 7.13. The first-order valence-electron chi connectivity index (χ1n) is 11.6. The van der Waals surface area contributed by atoms with Gasteiger partial charge >= 0.3 is 24.1 Å². The van der Waals surface area contributed by atoms with Gasteiger partial charge in [0, 0.05) is 6.42 Å². The van der Waals surface area contributed by atoms with Crippen LogP contribution < -0.4 is 0 Å². The van der Waals surface area contributed by atoms with Crippen LogP contribution in [0.3, 0.4) is 0 Å². The standard InChI is InChI=1S/C23H34F6O3/c1-6-7-13-8-12(2)17-14-9-15(16(10-14)18(13)17)11-21(22(24,25)26,23(27,28)29)32-19(30)31-20(3,4)5/h12-18H,6-11H2,1-5H3. The molecule has 7 unspecified atom stereocenters. The first kappa shape index (κ1) is 25.5. The van der Waals surface area contributed by atoms with Crippen molar-refractivity contribution in [2.75, 3.05) is 0 Å². The number of carbonyl (C=O) groups excluding carboxylic acids is 1. The van der Waals surface area contributed by atoms with E-state index in [2.05, 4.69) is 23.3 Å². The molecule has 7 atom stereocenters. The lowest BCUT2D eigenvalue weighted by Gasteiger charge is -2.42. The van der Waals surface area contributed by atoms with Crippen LogP contribution in [0.1, 0.15) is 73.1 Å². The molecule has 0 heterocycles. The molecule has 0 aromatic heterocycles. The van der Waals surface area contributed by atoms with E-state index in [0.29, 0.717) is 30.6 Å². The molecule has 0 N–H and O–H groups in total. The highest BCUT2D eigenvalue weighted by molar-refractivity contribution is 5.61. The molecule has 0 aliphatic heterocycles. The first-order valence-corrected chi connectivity index (χ1v) is 11.6. The third-order valence-corrected chi connectivity index (χ3v) is 7.92. The summed E-state index contributed by atoms with van der Waals surface area (Å²) in [5.74, 6) is 0.485. The highest BCUT2D eigenvalue weighted by atomic mass is 19.4. The van der Waals surface area contributed by atoms with Crippen molar-refractivity contribution < 1.29 is 40.6 Å². The van der Waals surface area contributed by atoms with Crippen LogP contribution in [-0.4, -0.2) is 29.7 Å². The van der Waals surface area contributed by atoms with Gasteiger partial charge < -0.3 is 9.47 Å². The molecule has 3 nitrogen and oxygen atoms in total. The van der Waals surface area contributed by atoms with Crippen LogP contribution >= 0.6 is 0 Å². The smallest absolute Gasteiger partial charge is 0.429 e. The summed E-state index contributed by atoms with van der Waals surface area (Å²) in [7, 11) is 0. The maximum Gasteiger partial charge on any atom is 0.510 e. The van der Waals surface area contributed by atoms with Gasteiger partial charge in [-0.2, -0.15) is 26.3 Å². The van der Waals surface area contributed by atoms with E-state index >= 15 is 0 Å². The van der Waals surface area contributed by atoms with Gasteiger partial charge in [-0.15, -0.1) is 0 Å². The summed E-state index contributed by atoms with van der Waals surface area (Å²) in [4.78, 5) is 12.0. The van der Waals surface area contributed by atoms with Crippen molar-refractivity contribution in [2.24, 2.45) is 41.4 Å². The Kier molecular flexibility index (Phi) is 6.57. The van der Waals surface area contributed by atoms with Crippen molar-refractivity contribution in [1.82, 2.24) is 0 Å². The molecule has 0 radical (unpaired) electrons. The summed E-state index contributed by atoms with van der Waals surface area (Å²) in [6.45, 7) is 8.26. The Morgan fingerprint density at radius 3 is 1.97 bits per heavy atom. The molecule has 186 valence electrons. The molecule has 3 aliphatic carbocycles. The molecule has 0 aromatic rings. The Bertz CT molecular complexity index is 681. The van der Waals surface area contributed by atoms with E-state index < -0.39 is 42.0 Å². The van der Waals surface area contributed by atoms with Gasteiger partial charge in [0.25, 0.3) is 0 Å². The number of hydrogen-bond acceptors (Lipinski definition) is 3. The van der Waals surface area contributed by atoms with Crippen molar-refractivity contribution in [3.05, 3.63) is 0 Å². The average molecular weight is 473 g/mol. The van der Waals surface area contributed by atoms with E-state index in [1.165, 1.54) is 20.8 Å². The Labute approximate surface area is 185 Å². The average Bonchev–Trinajstić information content (AvgIpc) is 3.23. The van der Waals surface area contributed by atoms with Gasteiger partial charge in [-0.25, -0.2) is 4.79 Å². The minimum Gasteiger partial charge on any atom is -0.429 e. The molecule has 0 spiro atoms. The van der Waals surface area contributed by atoms with Crippen LogP contribution in [0.25, 0.3) is 0 Å². The lowest BCUT2D eigenvalue weighted by Crippen LogP contribution is -2.61. The van der Waals surface area contributed by atoms with Crippen LogP contribution in [0, 0.1) is 41.4 Å². The van der Waals surface area contributed by atoms with Crippen LogP contribution in [0.5, 0.6) is 0 Å². The van der Waals surface area contributed by atoms with Crippen molar-refractivity contribution in [3.8, 4) is 0 Å². The predicted molar refractivity (Wildman–Crippen MR) is 106 cm³/mol. The molecule has 9 heteroatoms. The first-order chi connectivity index (χ1) is 14.5. The van der Waals surface area contributed by atoms with Gasteiger partial charge in [0.15, 0.2) is 0 Å². The maximum absolute atomic E-state index is 14.0. The number of hydrogen-bond donors (Lipinski definition) is 0. The lowest BCUT2D eigenvalue weighted by atomic mass is 9.68. The van der Waals surface area contributed by atoms with Crippen LogP contribution in [0.15, 0.2) is 0 Å². The van der Waals surface area contributed by atoms with Crippen molar-refractivity contribution in [1.29, 1.82) is 0 Å². The third-order valence-electron chi connectivity index (χ3n) is 7.92. The molecule has 0 aromatic carbocycles. The molecule has 3 fully saturated rings. The Morgan fingerprint density at radius 1 is 0.875 bits per heavy atom. The SMILES string of the molecule is CCCC1CC(C)C2C3CC(CC(OC(=O)OC(C)(C)C)(C(F)(F)F)C(F)(F)F)C(C3)C12. The normalized spacial score (nSPS) is 35.2. The largest absolute Gasteiger partial charge is 0.510 e. The number of rotatable bonds is 5. The fourth-order valence-corrected chi connectivity index (χ4v) is 7.13. The second-order valence-corrected chi connectivity index (χ2v) is 11.2. The summed E-state index contributed by atoms with van der Waals surface area (Å²) in [5, 5.41) is 0. The molecular weight excluding hydrogens is 438 g/mol. The zero-order valence-corrected chi connectivity index (χ0v) is 19.3. The molecule has 32 heavy (non-hydrogen) atoms. The van der Waals surface area contributed by atoms with Crippen molar-refractivity contribution in [2.45, 2.75) is 96.7 Å². The molecule has 0 amide bonds. The second kappa shape index (κ2) is 8.26. The summed E-state index contributed by atoms with van der Waals surface area (Å²) in [5.41, 5.74) is -5.86. The topological polar surface area (TPSA) is 35.5 Å². The van der Waals surface area contributed by atoms with Crippen molar-refractivity contribution in [3.63, 3.8) is 0 Å². The molecule has 3 rings (SSSR count). The van der Waals surface area contributed by atoms with Gasteiger partial charge in [0.2, 0.25) is 0 Å². The Balaban J connectivity index is 1.90. The van der Waals surface area contributed by atoms with E-state index in [4.69, 9.17) is 0 Å². The molecule has 3 aliphatic rings. The van der Waals surface area contributed by atoms with Gasteiger partial charge in [0.1, 0.15) is 5.60 Å². The number of carbonyl (C=O) groups is 1. The molecule has 2 bridgehead atoms. The summed E-state index contributed by atoms with van der Waals surface area (Å²) in [6.07, 6.45) is -11.0. The summed E-state index contributed by atoms with van der Waals surface area (Å²) < 4.78 is 93.1. The van der Waals surface area contributed by atoms with Crippen LogP contribution in [0.2, 0.25) is 0 Å². The second-order valence-electron chi connectivity index (χ2n) is 11.2. The van der Waals surface area contributed by atoms with Gasteiger partial charge in [-0.3, -0.25) is 0 Å². The Hall–Kier alpha value is -1.15. The number of halogens is 6. The zero-order valence-electron chi connectivity index (χ0n) is 19.3. The highest BCUT2D eigenvalue weighted by Gasteiger charge is 2.76. The number of alkyl halides is 6. The van der Waals surface area contributed by atoms with Gasteiger partial charge in [-0.05, 0) is 81.5 Å². The number of ether oxygens (including phenoxy) is 2. The lowest BCUT2D eigenvalue weighted by molar-refractivity contribution is -0.374. The quantitative estimate of drug-likeness (QED) is 0.306. The minimum atomic E-state index is -5.81. The van der Waals surface area contributed by atoms with Gasteiger partial charge in [0.05, 0.1) is 0 Å². The monoisotopic (exact) mass is 472 g/mol. The number of fused-ring (bicyclic) bond motifs is 5. The molecule has 3 saturated carbocycles. The maximum atomic E-state index is 14.0. The van der Waals surface area contributed by atoms with E-state index in [1.54, 1.807) is 0 Å². The Morgan fingerprint density at radius 2 is 1.47 bits per heavy atom. The fraction of sp³-hybridized carbons (Fsp3) is 0.957. The van der Waals surface area contributed by atoms with E-state index in [0.717, 1.165) is 19.3 Å².